The van der Waals surface area contributed by atoms with Gasteiger partial charge in [0.15, 0.2) is 0 Å². The zero-order valence-electron chi connectivity index (χ0n) is 16.9. The van der Waals surface area contributed by atoms with Crippen molar-refractivity contribution in [1.29, 1.82) is 0 Å². The highest BCUT2D eigenvalue weighted by Gasteiger charge is 2.25. The van der Waals surface area contributed by atoms with Crippen molar-refractivity contribution in [1.82, 2.24) is 13.9 Å². The lowest BCUT2D eigenvalue weighted by molar-refractivity contribution is -0.121. The van der Waals surface area contributed by atoms with Gasteiger partial charge in [-0.3, -0.25) is 4.79 Å². The number of hydrogen-bond donors (Lipinski definition) is 1. The largest absolute Gasteiger partial charge is 0.351 e. The Labute approximate surface area is 186 Å². The van der Waals surface area contributed by atoms with Crippen LogP contribution in [-0.2, 0) is 31.4 Å². The Morgan fingerprint density at radius 3 is 1.90 bits per heavy atom. The molecule has 0 heterocycles. The van der Waals surface area contributed by atoms with Crippen LogP contribution in [0, 0.1) is 0 Å². The molecule has 11 heteroatoms. The van der Waals surface area contributed by atoms with Gasteiger partial charge in [0.2, 0.25) is 26.0 Å². The number of nitrogens with one attached hydrogen (secondary N) is 1. The fourth-order valence-corrected chi connectivity index (χ4v) is 5.10. The fraction of sp³-hybridized carbons (Fsp3) is 0.316. The Hall–Kier alpha value is -1.79. The lowest BCUT2D eigenvalue weighted by atomic mass is 10.2. The molecule has 0 fully saturated rings. The summed E-state index contributed by atoms with van der Waals surface area (Å²) >= 11 is 3.26. The second-order valence-electron chi connectivity index (χ2n) is 6.59. The van der Waals surface area contributed by atoms with Gasteiger partial charge in [-0.25, -0.2) is 21.1 Å². The molecule has 1 N–H and O–H groups in total. The first-order valence-electron chi connectivity index (χ1n) is 9.02. The van der Waals surface area contributed by atoms with Gasteiger partial charge in [-0.05, 0) is 42.0 Å². The molecule has 0 unspecified atom stereocenters. The third-order valence-corrected chi connectivity index (χ3v) is 8.61. The summed E-state index contributed by atoms with van der Waals surface area (Å²) in [5.41, 5.74) is 0.694. The first-order valence-corrected chi connectivity index (χ1v) is 12.7. The summed E-state index contributed by atoms with van der Waals surface area (Å²) in [6, 6.07) is 12.3. The van der Waals surface area contributed by atoms with Crippen molar-refractivity contribution in [2.75, 3.05) is 27.2 Å². The summed E-state index contributed by atoms with van der Waals surface area (Å²) in [4.78, 5) is 12.6. The van der Waals surface area contributed by atoms with Crippen molar-refractivity contribution < 1.29 is 21.6 Å². The van der Waals surface area contributed by atoms with Gasteiger partial charge in [-0.2, -0.15) is 4.31 Å². The molecule has 8 nitrogen and oxygen atoms in total. The molecule has 2 aromatic carbocycles. The van der Waals surface area contributed by atoms with Crippen LogP contribution >= 0.6 is 15.9 Å². The second-order valence-corrected chi connectivity index (χ2v) is 11.6. The van der Waals surface area contributed by atoms with Crippen LogP contribution in [0.4, 0.5) is 0 Å². The zero-order chi connectivity index (χ0) is 22.5. The highest BCUT2D eigenvalue weighted by Crippen LogP contribution is 2.18. The Bertz CT molecular complexity index is 1080. The molecule has 0 spiro atoms. The van der Waals surface area contributed by atoms with Crippen LogP contribution < -0.4 is 5.32 Å². The van der Waals surface area contributed by atoms with E-state index >= 15 is 0 Å². The van der Waals surface area contributed by atoms with Gasteiger partial charge in [0.1, 0.15) is 0 Å². The van der Waals surface area contributed by atoms with Gasteiger partial charge in [0.05, 0.1) is 16.3 Å². The molecule has 164 valence electrons. The maximum Gasteiger partial charge on any atom is 0.243 e. The van der Waals surface area contributed by atoms with E-state index in [0.717, 1.165) is 13.1 Å². The first kappa shape index (κ1) is 24.5. The standard InChI is InChI=1S/C19H24BrN3O5S2/c1-4-23(30(27,28)18-11-7-16(20)8-12-18)14-19(24)21-13-15-5-9-17(10-6-15)29(25,26)22(2)3/h5-12H,4,13-14H2,1-3H3,(H,21,24). The third kappa shape index (κ3) is 5.88. The van der Waals surface area contributed by atoms with Crippen molar-refractivity contribution in [2.45, 2.75) is 23.3 Å². The first-order chi connectivity index (χ1) is 14.0. The highest BCUT2D eigenvalue weighted by molar-refractivity contribution is 9.10. The van der Waals surface area contributed by atoms with E-state index in [9.17, 15) is 21.6 Å². The number of hydrogen-bond acceptors (Lipinski definition) is 5. The van der Waals surface area contributed by atoms with Gasteiger partial charge in [0.25, 0.3) is 0 Å². The van der Waals surface area contributed by atoms with Crippen molar-refractivity contribution in [3.8, 4) is 0 Å². The van der Waals surface area contributed by atoms with Crippen molar-refractivity contribution in [3.63, 3.8) is 0 Å². The molecule has 30 heavy (non-hydrogen) atoms. The Morgan fingerprint density at radius 1 is 0.900 bits per heavy atom. The molecule has 0 radical (unpaired) electrons. The number of nitrogens with zero attached hydrogens (tertiary/aromatic N) is 2. The highest BCUT2D eigenvalue weighted by atomic mass is 79.9. The molecular formula is C19H24BrN3O5S2. The quantitative estimate of drug-likeness (QED) is 0.547. The van der Waals surface area contributed by atoms with E-state index in [1.54, 1.807) is 31.2 Å². The van der Waals surface area contributed by atoms with Gasteiger partial charge in [-0.15, -0.1) is 0 Å². The summed E-state index contributed by atoms with van der Waals surface area (Å²) in [5.74, 6) is -0.456. The van der Waals surface area contributed by atoms with Crippen molar-refractivity contribution >= 4 is 41.9 Å². The van der Waals surface area contributed by atoms with Crippen LogP contribution in [0.25, 0.3) is 0 Å². The minimum atomic E-state index is -3.80. The van der Waals surface area contributed by atoms with Crippen molar-refractivity contribution in [2.24, 2.45) is 0 Å². The Morgan fingerprint density at radius 2 is 1.40 bits per heavy atom. The number of benzene rings is 2. The number of carbonyl (C=O) groups excluding carboxylic acids is 1. The minimum Gasteiger partial charge on any atom is -0.351 e. The summed E-state index contributed by atoms with van der Waals surface area (Å²) < 4.78 is 52.6. The number of halogens is 1. The predicted octanol–water partition coefficient (Wildman–Crippen LogP) is 2.03. The van der Waals surface area contributed by atoms with Crippen LogP contribution in [0.5, 0.6) is 0 Å². The molecule has 0 atom stereocenters. The minimum absolute atomic E-state index is 0.109. The van der Waals surface area contributed by atoms with Gasteiger partial charge in [0, 0.05) is 31.7 Å². The van der Waals surface area contributed by atoms with Crippen LogP contribution in [0.3, 0.4) is 0 Å². The summed E-state index contributed by atoms with van der Waals surface area (Å²) in [7, 11) is -4.42. The molecule has 0 aliphatic carbocycles. The summed E-state index contributed by atoms with van der Waals surface area (Å²) in [6.07, 6.45) is 0. The molecule has 1 amide bonds. The van der Waals surface area contributed by atoms with E-state index in [-0.39, 0.29) is 29.4 Å². The molecule has 0 aliphatic rings. The van der Waals surface area contributed by atoms with Gasteiger partial charge in [-0.1, -0.05) is 35.0 Å². The SMILES string of the molecule is CCN(CC(=O)NCc1ccc(S(=O)(=O)N(C)C)cc1)S(=O)(=O)c1ccc(Br)cc1. The Kier molecular flexibility index (Phi) is 8.17. The molecule has 0 aliphatic heterocycles. The lowest BCUT2D eigenvalue weighted by Crippen LogP contribution is -2.40. The van der Waals surface area contributed by atoms with Crippen LogP contribution in [0.1, 0.15) is 12.5 Å². The zero-order valence-corrected chi connectivity index (χ0v) is 20.1. The van der Waals surface area contributed by atoms with E-state index in [2.05, 4.69) is 21.2 Å². The number of likely N-dealkylation sites (N-methyl/N-ethyl adjacent to an activating group) is 1. The van der Waals surface area contributed by atoms with E-state index in [1.165, 1.54) is 38.4 Å². The van der Waals surface area contributed by atoms with Gasteiger partial charge < -0.3 is 5.32 Å². The molecule has 2 rings (SSSR count). The average Bonchev–Trinajstić information content (AvgIpc) is 2.70. The second kappa shape index (κ2) is 10.0. The topological polar surface area (TPSA) is 104 Å². The van der Waals surface area contributed by atoms with Crippen LogP contribution in [-0.4, -0.2) is 58.5 Å². The molecule has 0 aromatic heterocycles. The van der Waals surface area contributed by atoms with Crippen molar-refractivity contribution in [3.05, 3.63) is 58.6 Å². The maximum atomic E-state index is 12.7. The molecule has 0 saturated carbocycles. The molecule has 0 bridgehead atoms. The summed E-state index contributed by atoms with van der Waals surface area (Å²) in [6.45, 7) is 1.63. The number of amides is 1. The van der Waals surface area contributed by atoms with E-state index in [0.29, 0.717) is 5.56 Å². The van der Waals surface area contributed by atoms with E-state index in [4.69, 9.17) is 0 Å². The smallest absolute Gasteiger partial charge is 0.243 e. The number of rotatable bonds is 9. The van der Waals surface area contributed by atoms with E-state index in [1.807, 2.05) is 0 Å². The molecular weight excluding hydrogens is 494 g/mol. The maximum absolute atomic E-state index is 12.7. The number of carbonyl (C=O) groups is 1. The average molecular weight is 518 g/mol. The lowest BCUT2D eigenvalue weighted by Gasteiger charge is -2.20. The predicted molar refractivity (Wildman–Crippen MR) is 118 cm³/mol. The summed E-state index contributed by atoms with van der Waals surface area (Å²) in [5, 5.41) is 2.66. The Balaban J connectivity index is 2.01. The third-order valence-electron chi connectivity index (χ3n) is 4.32. The van der Waals surface area contributed by atoms with Crippen LogP contribution in [0.15, 0.2) is 62.8 Å². The normalized spacial score (nSPS) is 12.3. The van der Waals surface area contributed by atoms with Gasteiger partial charge >= 0.3 is 0 Å². The fourth-order valence-electron chi connectivity index (χ4n) is 2.53. The monoisotopic (exact) mass is 517 g/mol. The van der Waals surface area contributed by atoms with E-state index < -0.39 is 26.0 Å². The number of sulfonamides is 2. The molecule has 2 aromatic rings. The van der Waals surface area contributed by atoms with Crippen LogP contribution in [0.2, 0.25) is 0 Å². The molecule has 0 saturated heterocycles.